The molecule has 10 heteroatoms. The summed E-state index contributed by atoms with van der Waals surface area (Å²) in [5, 5.41) is 6.67. The van der Waals surface area contributed by atoms with Crippen molar-refractivity contribution in [3.8, 4) is 16.9 Å². The first-order valence-corrected chi connectivity index (χ1v) is 18.5. The molecule has 2 heterocycles. The number of benzene rings is 4. The number of nitrogens with one attached hydrogen (secondary N) is 1. The number of carbonyl (C=O) groups is 3. The van der Waals surface area contributed by atoms with Crippen LogP contribution < -0.4 is 15.0 Å². The second-order valence-electron chi connectivity index (χ2n) is 14.3. The Balaban J connectivity index is 0.000000256. The molecule has 0 radical (unpaired) electrons. The number of esters is 1. The van der Waals surface area contributed by atoms with Gasteiger partial charge < -0.3 is 14.8 Å². The fourth-order valence-corrected chi connectivity index (χ4v) is 6.40. The summed E-state index contributed by atoms with van der Waals surface area (Å²) in [6.07, 6.45) is 6.95. The zero-order chi connectivity index (χ0) is 39.7. The first kappa shape index (κ1) is 40.3. The van der Waals surface area contributed by atoms with Crippen LogP contribution in [0.3, 0.4) is 0 Å². The number of rotatable bonds is 9. The summed E-state index contributed by atoms with van der Waals surface area (Å²) < 4.78 is 11.0. The van der Waals surface area contributed by atoms with Gasteiger partial charge in [0.2, 0.25) is 11.8 Å². The van der Waals surface area contributed by atoms with Crippen LogP contribution in [0.25, 0.3) is 38.7 Å². The van der Waals surface area contributed by atoms with Gasteiger partial charge in [-0.3, -0.25) is 14.5 Å². The zero-order valence-corrected chi connectivity index (χ0v) is 33.7. The normalized spacial score (nSPS) is 11.2. The Morgan fingerprint density at radius 2 is 1.49 bits per heavy atom. The van der Waals surface area contributed by atoms with E-state index in [1.807, 2.05) is 100 Å². The molecule has 0 aliphatic rings. The van der Waals surface area contributed by atoms with Crippen molar-refractivity contribution in [3.05, 3.63) is 131 Å². The molecular weight excluding hydrogens is 756 g/mol. The van der Waals surface area contributed by atoms with Crippen molar-refractivity contribution < 1.29 is 23.9 Å². The van der Waals surface area contributed by atoms with E-state index >= 15 is 0 Å². The molecule has 0 unspecified atom stereocenters. The van der Waals surface area contributed by atoms with E-state index in [0.717, 1.165) is 59.6 Å². The molecule has 0 spiro atoms. The van der Waals surface area contributed by atoms with Gasteiger partial charge in [-0.1, -0.05) is 79.2 Å². The van der Waals surface area contributed by atoms with Crippen LogP contribution in [0.2, 0.25) is 0 Å². The lowest BCUT2D eigenvalue weighted by Crippen LogP contribution is -2.28. The molecule has 0 aliphatic heterocycles. The average molecular weight is 802 g/mol. The average Bonchev–Trinajstić information content (AvgIpc) is 3.15. The third-order valence-corrected chi connectivity index (χ3v) is 9.21. The molecule has 0 saturated heterocycles. The fraction of sp³-hybridized carbons (Fsp3) is 0.222. The molecular formula is C45H45BrN4O5. The number of hydrogen-bond acceptors (Lipinski definition) is 7. The van der Waals surface area contributed by atoms with Gasteiger partial charge in [-0.15, -0.1) is 0 Å². The number of pyridine rings is 2. The van der Waals surface area contributed by atoms with E-state index in [9.17, 15) is 14.4 Å². The summed E-state index contributed by atoms with van der Waals surface area (Å²) in [4.78, 5) is 46.5. The van der Waals surface area contributed by atoms with E-state index in [4.69, 9.17) is 4.74 Å². The lowest BCUT2D eigenvalue weighted by molar-refractivity contribution is -0.134. The summed E-state index contributed by atoms with van der Waals surface area (Å²) in [6.45, 7) is 10.1. The summed E-state index contributed by atoms with van der Waals surface area (Å²) in [5.74, 6) is 1.57. The number of anilines is 2. The standard InChI is InChI=1S/C30H28N2O4.C15H17BrN2O/c1-20-17-25(11-13-28(20)35-3)24-9-5-23(6-10-24)19-32(21(2)33)30-27-12-7-22(8-14-29(34)36-4)18-26(27)15-16-31-30;1-15(2,3)9-13(19)18-14-12-5-4-11(16)8-10(12)6-7-17-14/h5-18H,19H2,1-4H3;4-8H,9H2,1-3H3,(H,17,18,19)/b14-8+;. The minimum Gasteiger partial charge on any atom is -0.496 e. The number of fused-ring (bicyclic) bond motifs is 2. The first-order valence-electron chi connectivity index (χ1n) is 17.8. The van der Waals surface area contributed by atoms with Gasteiger partial charge in [0.1, 0.15) is 17.4 Å². The molecule has 0 saturated carbocycles. The molecule has 6 aromatic rings. The number of nitrogens with zero attached hydrogens (tertiary/aromatic N) is 3. The zero-order valence-electron chi connectivity index (χ0n) is 32.1. The summed E-state index contributed by atoms with van der Waals surface area (Å²) >= 11 is 3.44. The van der Waals surface area contributed by atoms with E-state index in [1.165, 1.54) is 13.2 Å². The molecule has 0 bridgehead atoms. The van der Waals surface area contributed by atoms with Crippen LogP contribution in [-0.4, -0.2) is 42.0 Å². The van der Waals surface area contributed by atoms with Crippen molar-refractivity contribution in [3.63, 3.8) is 0 Å². The molecule has 0 aliphatic carbocycles. The van der Waals surface area contributed by atoms with Crippen molar-refractivity contribution in [1.82, 2.24) is 9.97 Å². The topological polar surface area (TPSA) is 111 Å². The lowest BCUT2D eigenvalue weighted by Gasteiger charge is -2.22. The number of amides is 2. The van der Waals surface area contributed by atoms with Gasteiger partial charge >= 0.3 is 5.97 Å². The van der Waals surface area contributed by atoms with Crippen LogP contribution in [-0.2, 0) is 25.7 Å². The highest BCUT2D eigenvalue weighted by Crippen LogP contribution is 2.30. The van der Waals surface area contributed by atoms with Crippen LogP contribution in [0, 0.1) is 12.3 Å². The molecule has 2 amide bonds. The molecule has 0 atom stereocenters. The molecule has 55 heavy (non-hydrogen) atoms. The second-order valence-corrected chi connectivity index (χ2v) is 15.2. The fourth-order valence-electron chi connectivity index (χ4n) is 6.02. The predicted octanol–water partition coefficient (Wildman–Crippen LogP) is 10.3. The van der Waals surface area contributed by atoms with Crippen molar-refractivity contribution in [1.29, 1.82) is 0 Å². The lowest BCUT2D eigenvalue weighted by atomic mass is 9.92. The van der Waals surface area contributed by atoms with E-state index in [1.54, 1.807) is 37.4 Å². The number of carbonyl (C=O) groups excluding carboxylic acids is 3. The highest BCUT2D eigenvalue weighted by atomic mass is 79.9. The Bertz CT molecular complexity index is 2370. The second kappa shape index (κ2) is 18.0. The SMILES string of the molecule is CC(C)(C)CC(=O)Nc1nccc2cc(Br)ccc12.COC(=O)/C=C/c1ccc2c(N(Cc3ccc(-c4ccc(OC)c(C)c4)cc3)C(C)=O)nccc2c1. The molecule has 2 aromatic heterocycles. The Kier molecular flexibility index (Phi) is 13.2. The number of methoxy groups -OCH3 is 2. The quantitative estimate of drug-likeness (QED) is 0.114. The van der Waals surface area contributed by atoms with Gasteiger partial charge in [0.05, 0.1) is 20.8 Å². The van der Waals surface area contributed by atoms with Gasteiger partial charge in [-0.05, 0) is 106 Å². The van der Waals surface area contributed by atoms with Crippen LogP contribution in [0.5, 0.6) is 5.75 Å². The number of aromatic nitrogens is 2. The third-order valence-electron chi connectivity index (χ3n) is 8.71. The summed E-state index contributed by atoms with van der Waals surface area (Å²) in [5.41, 5.74) is 5.09. The van der Waals surface area contributed by atoms with Gasteiger partial charge in [0, 0.05) is 47.1 Å². The van der Waals surface area contributed by atoms with Crippen molar-refractivity contribution in [2.24, 2.45) is 5.41 Å². The maximum Gasteiger partial charge on any atom is 0.330 e. The highest BCUT2D eigenvalue weighted by molar-refractivity contribution is 9.10. The van der Waals surface area contributed by atoms with Gasteiger partial charge in [0.25, 0.3) is 0 Å². The van der Waals surface area contributed by atoms with Gasteiger partial charge in [0.15, 0.2) is 0 Å². The van der Waals surface area contributed by atoms with Crippen LogP contribution in [0.15, 0.2) is 114 Å². The number of hydrogen-bond donors (Lipinski definition) is 1. The Hall–Kier alpha value is -5.87. The highest BCUT2D eigenvalue weighted by Gasteiger charge is 2.18. The molecule has 4 aromatic carbocycles. The molecule has 9 nitrogen and oxygen atoms in total. The predicted molar refractivity (Wildman–Crippen MR) is 225 cm³/mol. The molecule has 0 fully saturated rings. The minimum atomic E-state index is -0.415. The van der Waals surface area contributed by atoms with Crippen molar-refractivity contribution in [2.45, 2.75) is 47.6 Å². The van der Waals surface area contributed by atoms with Gasteiger partial charge in [-0.25, -0.2) is 14.8 Å². The number of aryl methyl sites for hydroxylation is 1. The van der Waals surface area contributed by atoms with Crippen molar-refractivity contribution >= 4 is 73.0 Å². The maximum atomic E-state index is 12.7. The van der Waals surface area contributed by atoms with Crippen molar-refractivity contribution in [2.75, 3.05) is 24.4 Å². The minimum absolute atomic E-state index is 0.00424. The van der Waals surface area contributed by atoms with E-state index in [2.05, 4.69) is 54.2 Å². The monoisotopic (exact) mass is 800 g/mol. The smallest absolute Gasteiger partial charge is 0.330 e. The maximum absolute atomic E-state index is 12.7. The Labute approximate surface area is 330 Å². The largest absolute Gasteiger partial charge is 0.496 e. The summed E-state index contributed by atoms with van der Waals surface area (Å²) in [6, 6.07) is 29.8. The number of ether oxygens (including phenoxy) is 2. The van der Waals surface area contributed by atoms with E-state index in [-0.39, 0.29) is 17.2 Å². The molecule has 6 rings (SSSR count). The molecule has 1 N–H and O–H groups in total. The van der Waals surface area contributed by atoms with Crippen LogP contribution >= 0.6 is 15.9 Å². The summed E-state index contributed by atoms with van der Waals surface area (Å²) in [7, 11) is 3.01. The van der Waals surface area contributed by atoms with E-state index in [0.29, 0.717) is 24.6 Å². The first-order chi connectivity index (χ1) is 26.2. The van der Waals surface area contributed by atoms with Crippen LogP contribution in [0.1, 0.15) is 50.8 Å². The Morgan fingerprint density at radius 3 is 2.15 bits per heavy atom. The third kappa shape index (κ3) is 10.9. The molecule has 282 valence electrons. The van der Waals surface area contributed by atoms with Crippen LogP contribution in [0.4, 0.5) is 11.6 Å². The van der Waals surface area contributed by atoms with Gasteiger partial charge in [-0.2, -0.15) is 0 Å². The Morgan fingerprint density at radius 1 is 0.818 bits per heavy atom. The number of halogens is 1. The van der Waals surface area contributed by atoms with E-state index < -0.39 is 5.97 Å².